The zero-order chi connectivity index (χ0) is 39.1. The van der Waals surface area contributed by atoms with Crippen LogP contribution in [-0.4, -0.2) is 53.9 Å². The van der Waals surface area contributed by atoms with Crippen LogP contribution in [0.5, 0.6) is 0 Å². The average Bonchev–Trinajstić information content (AvgIpc) is 3.13. The average molecular weight is 770 g/mol. The van der Waals surface area contributed by atoms with E-state index in [1.54, 1.807) is 6.26 Å². The Morgan fingerprint density at radius 1 is 0.604 bits per heavy atom. The third-order valence-corrected chi connectivity index (χ3v) is 9.63. The first-order valence-electron chi connectivity index (χ1n) is 20.7. The predicted molar refractivity (Wildman–Crippen MR) is 217 cm³/mol. The second kappa shape index (κ2) is 38.1. The van der Waals surface area contributed by atoms with Crippen LogP contribution < -0.4 is 5.73 Å². The summed E-state index contributed by atoms with van der Waals surface area (Å²) in [6.07, 6.45) is 44.0. The minimum absolute atomic E-state index is 0.0828. The van der Waals surface area contributed by atoms with Crippen LogP contribution in [0.3, 0.4) is 0 Å². The smallest absolute Gasteiger partial charge is 0.472 e. The van der Waals surface area contributed by atoms with Crippen LogP contribution in [0.15, 0.2) is 48.8 Å². The zero-order valence-electron chi connectivity index (χ0n) is 33.3. The summed E-state index contributed by atoms with van der Waals surface area (Å²) in [5.74, 6) is -1.85. The summed E-state index contributed by atoms with van der Waals surface area (Å²) < 4.78 is 33.0. The van der Waals surface area contributed by atoms with E-state index >= 15 is 0 Å². The van der Waals surface area contributed by atoms with Gasteiger partial charge in [0.2, 0.25) is 0 Å². The van der Waals surface area contributed by atoms with Gasteiger partial charge in [-0.05, 0) is 63.9 Å². The quantitative estimate of drug-likeness (QED) is 0.0181. The van der Waals surface area contributed by atoms with Gasteiger partial charge in [-0.15, -0.1) is 0 Å². The van der Waals surface area contributed by atoms with Gasteiger partial charge in [0.15, 0.2) is 6.10 Å². The number of hydrogen-bond donors (Lipinski definition) is 3. The molecule has 53 heavy (non-hydrogen) atoms. The Labute approximate surface area is 322 Å². The Morgan fingerprint density at radius 2 is 1.04 bits per heavy atom. The van der Waals surface area contributed by atoms with Crippen molar-refractivity contribution in [3.8, 4) is 0 Å². The van der Waals surface area contributed by atoms with Crippen LogP contribution >= 0.6 is 7.82 Å². The third kappa shape index (κ3) is 37.9. The van der Waals surface area contributed by atoms with Crippen molar-refractivity contribution in [3.63, 3.8) is 0 Å². The van der Waals surface area contributed by atoms with Crippen molar-refractivity contribution in [2.45, 2.75) is 187 Å². The van der Waals surface area contributed by atoms with Crippen molar-refractivity contribution in [3.05, 3.63) is 48.8 Å². The van der Waals surface area contributed by atoms with Gasteiger partial charge in [-0.25, -0.2) is 4.57 Å². The molecule has 0 amide bonds. The number of unbranched alkanes of at least 4 members (excludes halogenated alkanes) is 19. The molecule has 0 aromatic heterocycles. The molecule has 0 aliphatic carbocycles. The normalized spacial score (nSPS) is 14.4. The highest BCUT2D eigenvalue weighted by atomic mass is 31.2. The van der Waals surface area contributed by atoms with E-state index in [9.17, 15) is 19.0 Å². The minimum atomic E-state index is -4.64. The summed E-state index contributed by atoms with van der Waals surface area (Å²) >= 11 is 0. The molecule has 0 aliphatic heterocycles. The summed E-state index contributed by atoms with van der Waals surface area (Å²) in [6, 6.07) is -1.49. The molecule has 3 atom stereocenters. The molecule has 0 aromatic rings. The van der Waals surface area contributed by atoms with E-state index in [0.29, 0.717) is 6.42 Å². The number of allylic oxidation sites excluding steroid dienone is 7. The molecule has 0 rings (SSSR count). The number of aliphatic carboxylic acids is 1. The first-order valence-corrected chi connectivity index (χ1v) is 22.2. The molecule has 4 N–H and O–H groups in total. The molecule has 0 heterocycles. The number of ether oxygens (including phenoxy) is 2. The maximum Gasteiger partial charge on any atom is 0.472 e. The lowest BCUT2D eigenvalue weighted by Crippen LogP contribution is -2.34. The molecular weight excluding hydrogens is 693 g/mol. The van der Waals surface area contributed by atoms with Crippen molar-refractivity contribution >= 4 is 19.8 Å². The fourth-order valence-electron chi connectivity index (χ4n) is 5.40. The topological polar surface area (TPSA) is 155 Å². The van der Waals surface area contributed by atoms with Gasteiger partial charge in [0, 0.05) is 6.42 Å². The number of rotatable bonds is 39. The summed E-state index contributed by atoms with van der Waals surface area (Å²) in [4.78, 5) is 33.4. The van der Waals surface area contributed by atoms with Gasteiger partial charge in [0.25, 0.3) is 0 Å². The lowest BCUT2D eigenvalue weighted by Gasteiger charge is -2.20. The Hall–Kier alpha value is -2.23. The molecule has 308 valence electrons. The second-order valence-electron chi connectivity index (χ2n) is 13.8. The lowest BCUT2D eigenvalue weighted by atomic mass is 10.0. The number of hydrogen-bond acceptors (Lipinski definition) is 8. The Bertz CT molecular complexity index is 1030. The highest BCUT2D eigenvalue weighted by Crippen LogP contribution is 2.43. The van der Waals surface area contributed by atoms with Gasteiger partial charge in [-0.1, -0.05) is 147 Å². The van der Waals surface area contributed by atoms with Crippen LogP contribution in [0, 0.1) is 0 Å². The molecule has 1 unspecified atom stereocenters. The summed E-state index contributed by atoms with van der Waals surface area (Å²) in [6.45, 7) is 3.20. The fraction of sp³-hybridized carbons (Fsp3) is 0.762. The SMILES string of the molecule is CCCCC/C=C\C/C=C\C/C=C\CCCCC(=O)O[C@H](CO/C=C\CCCCCCCCCCCCCCCC)COP(=O)(O)OC[C@H](N)C(=O)O. The standard InChI is InChI=1S/C42H76NO9P/c1-3-5-7-9-11-13-15-17-19-21-23-25-27-29-31-33-35-49-36-39(37-50-53(47,48)51-38-40(43)42(45)46)52-41(44)34-32-30-28-26-24-22-20-18-16-14-12-10-8-6-4-2/h12,14,18,20,24,26,33,35,39-40H,3-11,13,15-17,19,21-23,25,27-32,34,36-38,43H2,1-2H3,(H,45,46)(H,47,48)/b14-12-,20-18-,26-24-,35-33-/t39-,40+/m1/s1. The predicted octanol–water partition coefficient (Wildman–Crippen LogP) is 11.4. The Morgan fingerprint density at radius 3 is 1.58 bits per heavy atom. The maximum absolute atomic E-state index is 12.6. The molecule has 0 saturated carbocycles. The van der Waals surface area contributed by atoms with Gasteiger partial charge in [-0.3, -0.25) is 18.6 Å². The van der Waals surface area contributed by atoms with E-state index in [2.05, 4.69) is 54.8 Å². The van der Waals surface area contributed by atoms with Crippen molar-refractivity contribution in [1.82, 2.24) is 0 Å². The Balaban J connectivity index is 4.39. The molecule has 10 nitrogen and oxygen atoms in total. The summed E-state index contributed by atoms with van der Waals surface area (Å²) in [5, 5.41) is 8.88. The van der Waals surface area contributed by atoms with Crippen LogP contribution in [0.25, 0.3) is 0 Å². The molecule has 0 saturated heterocycles. The van der Waals surface area contributed by atoms with Crippen molar-refractivity contribution in [2.75, 3.05) is 19.8 Å². The van der Waals surface area contributed by atoms with Gasteiger partial charge in [-0.2, -0.15) is 0 Å². The van der Waals surface area contributed by atoms with Gasteiger partial charge in [0.1, 0.15) is 12.6 Å². The number of esters is 1. The number of phosphoric acid groups is 1. The molecule has 0 spiro atoms. The lowest BCUT2D eigenvalue weighted by molar-refractivity contribution is -0.153. The number of carboxylic acid groups (broad SMARTS) is 1. The third-order valence-electron chi connectivity index (χ3n) is 8.68. The van der Waals surface area contributed by atoms with E-state index in [1.165, 1.54) is 96.3 Å². The number of phosphoric ester groups is 1. The van der Waals surface area contributed by atoms with Gasteiger partial charge >= 0.3 is 19.8 Å². The summed E-state index contributed by atoms with van der Waals surface area (Å²) in [7, 11) is -4.64. The van der Waals surface area contributed by atoms with Crippen molar-refractivity contribution < 1.29 is 42.7 Å². The molecular formula is C42H76NO9P. The van der Waals surface area contributed by atoms with Crippen LogP contribution in [0.2, 0.25) is 0 Å². The highest BCUT2D eigenvalue weighted by Gasteiger charge is 2.27. The molecule has 0 fully saturated rings. The monoisotopic (exact) mass is 770 g/mol. The van der Waals surface area contributed by atoms with Gasteiger partial charge in [0.05, 0.1) is 19.5 Å². The van der Waals surface area contributed by atoms with E-state index in [4.69, 9.17) is 24.8 Å². The van der Waals surface area contributed by atoms with E-state index in [1.807, 2.05) is 6.08 Å². The van der Waals surface area contributed by atoms with Crippen LogP contribution in [-0.2, 0) is 32.7 Å². The second-order valence-corrected chi connectivity index (χ2v) is 15.3. The molecule has 0 bridgehead atoms. The first kappa shape index (κ1) is 50.8. The molecule has 0 aromatic carbocycles. The van der Waals surface area contributed by atoms with Crippen molar-refractivity contribution in [1.29, 1.82) is 0 Å². The van der Waals surface area contributed by atoms with E-state index in [0.717, 1.165) is 51.4 Å². The highest BCUT2D eigenvalue weighted by molar-refractivity contribution is 7.47. The molecule has 0 radical (unpaired) electrons. The van der Waals surface area contributed by atoms with Crippen LogP contribution in [0.1, 0.15) is 174 Å². The number of carboxylic acids is 1. The molecule has 0 aliphatic rings. The van der Waals surface area contributed by atoms with E-state index in [-0.39, 0.29) is 13.0 Å². The molecule has 11 heteroatoms. The zero-order valence-corrected chi connectivity index (χ0v) is 34.2. The van der Waals surface area contributed by atoms with Crippen LogP contribution in [0.4, 0.5) is 0 Å². The number of carbonyl (C=O) groups is 2. The Kier molecular flexibility index (Phi) is 36.5. The minimum Gasteiger partial charge on any atom is -0.498 e. The number of carbonyl (C=O) groups excluding carboxylic acids is 1. The first-order chi connectivity index (χ1) is 25.7. The number of nitrogens with two attached hydrogens (primary N) is 1. The van der Waals surface area contributed by atoms with Crippen molar-refractivity contribution in [2.24, 2.45) is 5.73 Å². The largest absolute Gasteiger partial charge is 0.498 e. The van der Waals surface area contributed by atoms with E-state index < -0.39 is 45.1 Å². The maximum atomic E-state index is 12.6. The van der Waals surface area contributed by atoms with Gasteiger partial charge < -0.3 is 25.2 Å². The summed E-state index contributed by atoms with van der Waals surface area (Å²) in [5.41, 5.74) is 5.34. The fourth-order valence-corrected chi connectivity index (χ4v) is 6.18.